The molecule has 7 nitrogen and oxygen atoms in total. The molecule has 3 rings (SSSR count). The van der Waals surface area contributed by atoms with Crippen molar-refractivity contribution >= 4 is 23.0 Å². The smallest absolute Gasteiger partial charge is 0.218 e. The van der Waals surface area contributed by atoms with E-state index >= 15 is 0 Å². The van der Waals surface area contributed by atoms with Gasteiger partial charge in [0.2, 0.25) is 5.91 Å². The number of aromatic nitrogens is 1. The number of rotatable bonds is 12. The molecule has 2 N–H and O–H groups in total. The van der Waals surface area contributed by atoms with Crippen molar-refractivity contribution in [3.05, 3.63) is 29.3 Å². The van der Waals surface area contributed by atoms with Gasteiger partial charge in [-0.25, -0.2) is 0 Å². The van der Waals surface area contributed by atoms with Crippen LogP contribution in [0.1, 0.15) is 49.0 Å². The van der Waals surface area contributed by atoms with E-state index in [2.05, 4.69) is 15.0 Å². The van der Waals surface area contributed by atoms with Crippen LogP contribution in [-0.4, -0.2) is 65.9 Å². The van der Waals surface area contributed by atoms with Gasteiger partial charge in [-0.2, -0.15) is 0 Å². The second-order valence-electron chi connectivity index (χ2n) is 7.54. The highest BCUT2D eigenvalue weighted by Crippen LogP contribution is 2.25. The maximum atomic E-state index is 12.3. The second kappa shape index (κ2) is 11.2. The number of nitrogens with zero attached hydrogens (tertiary/aromatic N) is 3. The summed E-state index contributed by atoms with van der Waals surface area (Å²) in [5, 5.41) is 5.90. The van der Waals surface area contributed by atoms with E-state index in [-0.39, 0.29) is 11.7 Å². The molecule has 0 saturated carbocycles. The number of Topliss-reactive ketones (excluding diaryl/α,β-unsaturated/α-hetero) is 1. The zero-order valence-corrected chi connectivity index (χ0v) is 17.7. The lowest BCUT2D eigenvalue weighted by atomic mass is 10.1. The minimum absolute atomic E-state index is 0.0589. The first kappa shape index (κ1) is 21.7. The van der Waals surface area contributed by atoms with Crippen molar-refractivity contribution in [3.8, 4) is 10.6 Å². The molecule has 0 bridgehead atoms. The normalized spacial score (nSPS) is 15.6. The van der Waals surface area contributed by atoms with Gasteiger partial charge in [-0.3, -0.25) is 9.59 Å². The van der Waals surface area contributed by atoms with Crippen molar-refractivity contribution in [1.82, 2.24) is 15.0 Å². The molecular formula is C21H30N4O3S. The van der Waals surface area contributed by atoms with Gasteiger partial charge in [0.25, 0.3) is 0 Å². The standard InChI is InChI=1S/C21H30N4O3S/c22-21(27)8-10-25-13-11-24(12-14-25)9-4-2-1-3-6-18(26)17-16-19(28-23-17)20-7-5-15-29-20/h5,7,15-16H,1-4,6,8-14H2,(H2,22,27). The molecule has 0 unspecified atom stereocenters. The summed E-state index contributed by atoms with van der Waals surface area (Å²) in [6.45, 7) is 5.99. The number of nitrogens with two attached hydrogens (primary N) is 1. The number of thiophene rings is 1. The molecule has 1 aliphatic rings. The van der Waals surface area contributed by atoms with Crippen molar-refractivity contribution in [3.63, 3.8) is 0 Å². The topological polar surface area (TPSA) is 92.7 Å². The van der Waals surface area contributed by atoms with Crippen LogP contribution in [0.5, 0.6) is 0 Å². The van der Waals surface area contributed by atoms with Crippen molar-refractivity contribution in [2.45, 2.75) is 38.5 Å². The Morgan fingerprint density at radius 1 is 1.03 bits per heavy atom. The van der Waals surface area contributed by atoms with Crippen LogP contribution in [0.3, 0.4) is 0 Å². The molecule has 0 spiro atoms. The predicted octanol–water partition coefficient (Wildman–Crippen LogP) is 3.03. The number of carbonyl (C=O) groups excluding carboxylic acids is 2. The van der Waals surface area contributed by atoms with Crippen molar-refractivity contribution in [2.75, 3.05) is 39.3 Å². The summed E-state index contributed by atoms with van der Waals surface area (Å²) in [4.78, 5) is 28.9. The Balaban J connectivity index is 1.23. The fraction of sp³-hybridized carbons (Fsp3) is 0.571. The molecule has 0 aromatic carbocycles. The fourth-order valence-corrected chi connectivity index (χ4v) is 4.22. The summed E-state index contributed by atoms with van der Waals surface area (Å²) in [5.74, 6) is 0.499. The maximum absolute atomic E-state index is 12.3. The third-order valence-electron chi connectivity index (χ3n) is 5.33. The van der Waals surface area contributed by atoms with Gasteiger partial charge in [0.15, 0.2) is 11.5 Å². The van der Waals surface area contributed by atoms with E-state index < -0.39 is 0 Å². The maximum Gasteiger partial charge on any atom is 0.218 e. The Morgan fingerprint density at radius 3 is 2.45 bits per heavy atom. The van der Waals surface area contributed by atoms with E-state index in [9.17, 15) is 9.59 Å². The molecule has 1 amide bonds. The van der Waals surface area contributed by atoms with E-state index in [1.807, 2.05) is 17.5 Å². The number of piperazine rings is 1. The van der Waals surface area contributed by atoms with Crippen LogP contribution < -0.4 is 5.73 Å². The van der Waals surface area contributed by atoms with Crippen LogP contribution in [0.2, 0.25) is 0 Å². The van der Waals surface area contributed by atoms with Gasteiger partial charge in [0.1, 0.15) is 5.69 Å². The first-order valence-electron chi connectivity index (χ1n) is 10.4. The third kappa shape index (κ3) is 7.06. The van der Waals surface area contributed by atoms with E-state index in [1.165, 1.54) is 0 Å². The van der Waals surface area contributed by atoms with Gasteiger partial charge in [-0.15, -0.1) is 11.3 Å². The van der Waals surface area contributed by atoms with Crippen molar-refractivity contribution in [2.24, 2.45) is 5.73 Å². The molecule has 158 valence electrons. The number of carbonyl (C=O) groups is 2. The van der Waals surface area contributed by atoms with Crippen LogP contribution in [0, 0.1) is 0 Å². The Bertz CT molecular complexity index is 767. The van der Waals surface area contributed by atoms with E-state index in [0.717, 1.165) is 69.8 Å². The first-order chi connectivity index (χ1) is 14.1. The molecule has 0 aliphatic carbocycles. The van der Waals surface area contributed by atoms with Crippen LogP contribution in [-0.2, 0) is 4.79 Å². The molecule has 0 atom stereocenters. The van der Waals surface area contributed by atoms with E-state index in [1.54, 1.807) is 17.4 Å². The van der Waals surface area contributed by atoms with Crippen LogP contribution in [0.15, 0.2) is 28.1 Å². The molecule has 1 fully saturated rings. The quantitative estimate of drug-likeness (QED) is 0.421. The minimum atomic E-state index is -0.225. The average molecular weight is 419 g/mol. The van der Waals surface area contributed by atoms with Crippen LogP contribution in [0.4, 0.5) is 0 Å². The van der Waals surface area contributed by atoms with Crippen LogP contribution >= 0.6 is 11.3 Å². The molecule has 8 heteroatoms. The monoisotopic (exact) mass is 418 g/mol. The summed E-state index contributed by atoms with van der Waals surface area (Å²) >= 11 is 1.57. The molecular weight excluding hydrogens is 388 g/mol. The third-order valence-corrected chi connectivity index (χ3v) is 6.21. The largest absolute Gasteiger partial charge is 0.370 e. The zero-order valence-electron chi connectivity index (χ0n) is 16.8. The molecule has 1 saturated heterocycles. The van der Waals surface area contributed by atoms with Gasteiger partial charge >= 0.3 is 0 Å². The number of hydrogen-bond donors (Lipinski definition) is 1. The average Bonchev–Trinajstić information content (AvgIpc) is 3.41. The predicted molar refractivity (Wildman–Crippen MR) is 114 cm³/mol. The number of amides is 1. The number of unbranched alkanes of at least 4 members (excludes halogenated alkanes) is 3. The lowest BCUT2D eigenvalue weighted by Gasteiger charge is -2.34. The Hall–Kier alpha value is -2.03. The van der Waals surface area contributed by atoms with E-state index in [4.69, 9.17) is 10.3 Å². The molecule has 2 aromatic rings. The summed E-state index contributed by atoms with van der Waals surface area (Å²) in [5.41, 5.74) is 5.64. The summed E-state index contributed by atoms with van der Waals surface area (Å²) in [6, 6.07) is 5.66. The molecule has 2 aromatic heterocycles. The second-order valence-corrected chi connectivity index (χ2v) is 8.49. The van der Waals surface area contributed by atoms with Gasteiger partial charge in [-0.1, -0.05) is 24.1 Å². The van der Waals surface area contributed by atoms with Crippen molar-refractivity contribution in [1.29, 1.82) is 0 Å². The Kier molecular flexibility index (Phi) is 8.39. The number of ketones is 1. The van der Waals surface area contributed by atoms with Crippen LogP contribution in [0.25, 0.3) is 10.6 Å². The molecule has 3 heterocycles. The highest BCUT2D eigenvalue weighted by atomic mass is 32.1. The highest BCUT2D eigenvalue weighted by Gasteiger charge is 2.17. The fourth-order valence-electron chi connectivity index (χ4n) is 3.55. The zero-order chi connectivity index (χ0) is 20.5. The summed E-state index contributed by atoms with van der Waals surface area (Å²) < 4.78 is 5.28. The van der Waals surface area contributed by atoms with E-state index in [0.29, 0.717) is 24.3 Å². The van der Waals surface area contributed by atoms with Gasteiger partial charge in [0, 0.05) is 51.6 Å². The van der Waals surface area contributed by atoms with Crippen molar-refractivity contribution < 1.29 is 14.1 Å². The molecule has 0 radical (unpaired) electrons. The summed E-state index contributed by atoms with van der Waals surface area (Å²) in [7, 11) is 0. The Labute approximate surface area is 175 Å². The SMILES string of the molecule is NC(=O)CCN1CCN(CCCCCCC(=O)c2cc(-c3cccs3)on2)CC1. The molecule has 29 heavy (non-hydrogen) atoms. The molecule has 1 aliphatic heterocycles. The highest BCUT2D eigenvalue weighted by molar-refractivity contribution is 7.13. The Morgan fingerprint density at radius 2 is 1.76 bits per heavy atom. The first-order valence-corrected chi connectivity index (χ1v) is 11.3. The number of primary amides is 1. The summed E-state index contributed by atoms with van der Waals surface area (Å²) in [6.07, 6.45) is 5.20. The van der Waals surface area contributed by atoms with Gasteiger partial charge in [-0.05, 0) is 30.8 Å². The minimum Gasteiger partial charge on any atom is -0.370 e. The van der Waals surface area contributed by atoms with Gasteiger partial charge in [0.05, 0.1) is 4.88 Å². The van der Waals surface area contributed by atoms with Gasteiger partial charge < -0.3 is 20.1 Å². The lowest BCUT2D eigenvalue weighted by molar-refractivity contribution is -0.118. The lowest BCUT2D eigenvalue weighted by Crippen LogP contribution is -2.47. The number of hydrogen-bond acceptors (Lipinski definition) is 7.